The lowest BCUT2D eigenvalue weighted by Gasteiger charge is -2.13. The third-order valence-corrected chi connectivity index (χ3v) is 4.84. The van der Waals surface area contributed by atoms with E-state index in [2.05, 4.69) is 10.6 Å². The number of anilines is 2. The van der Waals surface area contributed by atoms with Gasteiger partial charge >= 0.3 is 0 Å². The van der Waals surface area contributed by atoms with Crippen molar-refractivity contribution in [1.29, 1.82) is 0 Å². The first-order valence-corrected chi connectivity index (χ1v) is 7.84. The standard InChI is InChI=1S/C14H21N3O2S/c1-3-9(18)12-11(15)10(13(19)16-2)14(20-12)17-8-6-4-5-7-8/h8,17H,3-7,15H2,1-2H3,(H,16,19). The van der Waals surface area contributed by atoms with Gasteiger partial charge in [-0.1, -0.05) is 19.8 Å². The molecule has 1 aliphatic carbocycles. The van der Waals surface area contributed by atoms with E-state index in [0.717, 1.165) is 17.8 Å². The third kappa shape index (κ3) is 2.80. The number of thiophene rings is 1. The topological polar surface area (TPSA) is 84.2 Å². The zero-order chi connectivity index (χ0) is 14.7. The number of hydrogen-bond donors (Lipinski definition) is 3. The van der Waals surface area contributed by atoms with Crippen molar-refractivity contribution in [2.75, 3.05) is 18.1 Å². The van der Waals surface area contributed by atoms with Gasteiger partial charge < -0.3 is 16.4 Å². The molecule has 0 aromatic carbocycles. The molecule has 2 rings (SSSR count). The van der Waals surface area contributed by atoms with Crippen LogP contribution in [-0.2, 0) is 0 Å². The smallest absolute Gasteiger partial charge is 0.256 e. The molecule has 6 heteroatoms. The fourth-order valence-corrected chi connectivity index (χ4v) is 3.72. The highest BCUT2D eigenvalue weighted by molar-refractivity contribution is 7.19. The fraction of sp³-hybridized carbons (Fsp3) is 0.571. The molecule has 110 valence electrons. The molecular formula is C14H21N3O2S. The molecule has 0 unspecified atom stereocenters. The van der Waals surface area contributed by atoms with Gasteiger partial charge in [-0.15, -0.1) is 11.3 Å². The van der Waals surface area contributed by atoms with Gasteiger partial charge in [0.1, 0.15) is 5.00 Å². The first kappa shape index (κ1) is 14.8. The Morgan fingerprint density at radius 3 is 2.55 bits per heavy atom. The lowest BCUT2D eigenvalue weighted by molar-refractivity contribution is 0.0964. The van der Waals surface area contributed by atoms with Crippen LogP contribution in [0, 0.1) is 0 Å². The van der Waals surface area contributed by atoms with Crippen molar-refractivity contribution in [2.24, 2.45) is 0 Å². The Bertz CT molecular complexity index is 519. The Hall–Kier alpha value is -1.56. The van der Waals surface area contributed by atoms with Crippen LogP contribution in [0.3, 0.4) is 0 Å². The number of Topliss-reactive ketones (excluding diaryl/α,β-unsaturated/α-hetero) is 1. The predicted octanol–water partition coefficient (Wildman–Crippen LogP) is 2.64. The minimum absolute atomic E-state index is 0.0166. The van der Waals surface area contributed by atoms with Gasteiger partial charge in [-0.25, -0.2) is 0 Å². The number of nitrogen functional groups attached to an aromatic ring is 1. The number of rotatable bonds is 5. The van der Waals surface area contributed by atoms with Gasteiger partial charge in [-0.2, -0.15) is 0 Å². The summed E-state index contributed by atoms with van der Waals surface area (Å²) in [5, 5.41) is 6.71. The predicted molar refractivity (Wildman–Crippen MR) is 82.6 cm³/mol. The number of ketones is 1. The van der Waals surface area contributed by atoms with Crippen molar-refractivity contribution in [2.45, 2.75) is 45.1 Å². The summed E-state index contributed by atoms with van der Waals surface area (Å²) in [6, 6.07) is 0.376. The van der Waals surface area contributed by atoms with Crippen LogP contribution in [0.4, 0.5) is 10.7 Å². The van der Waals surface area contributed by atoms with E-state index < -0.39 is 0 Å². The van der Waals surface area contributed by atoms with Crippen LogP contribution in [0.15, 0.2) is 0 Å². The van der Waals surface area contributed by atoms with E-state index in [1.54, 1.807) is 14.0 Å². The second kappa shape index (κ2) is 6.26. The molecular weight excluding hydrogens is 274 g/mol. The molecule has 1 aliphatic rings. The molecule has 0 atom stereocenters. The molecule has 1 fully saturated rings. The zero-order valence-corrected chi connectivity index (χ0v) is 12.7. The summed E-state index contributed by atoms with van der Waals surface area (Å²) in [4.78, 5) is 24.4. The molecule has 0 spiro atoms. The van der Waals surface area contributed by atoms with Crippen LogP contribution in [0.2, 0.25) is 0 Å². The molecule has 20 heavy (non-hydrogen) atoms. The number of nitrogens with two attached hydrogens (primary N) is 1. The first-order chi connectivity index (χ1) is 9.58. The van der Waals surface area contributed by atoms with Crippen molar-refractivity contribution in [3.05, 3.63) is 10.4 Å². The van der Waals surface area contributed by atoms with E-state index in [0.29, 0.717) is 28.6 Å². The van der Waals surface area contributed by atoms with Gasteiger partial charge in [-0.3, -0.25) is 9.59 Å². The largest absolute Gasteiger partial charge is 0.397 e. The molecule has 0 saturated heterocycles. The molecule has 1 aromatic rings. The molecule has 1 amide bonds. The van der Waals surface area contributed by atoms with E-state index in [9.17, 15) is 9.59 Å². The average Bonchev–Trinajstić information content (AvgIpc) is 3.06. The molecule has 0 bridgehead atoms. The van der Waals surface area contributed by atoms with E-state index in [-0.39, 0.29) is 11.7 Å². The fourth-order valence-electron chi connectivity index (χ4n) is 2.52. The van der Waals surface area contributed by atoms with Crippen molar-refractivity contribution in [1.82, 2.24) is 5.32 Å². The molecule has 1 aromatic heterocycles. The van der Waals surface area contributed by atoms with Crippen LogP contribution < -0.4 is 16.4 Å². The van der Waals surface area contributed by atoms with E-state index >= 15 is 0 Å². The summed E-state index contributed by atoms with van der Waals surface area (Å²) in [7, 11) is 1.57. The number of hydrogen-bond acceptors (Lipinski definition) is 5. The van der Waals surface area contributed by atoms with Gasteiger partial charge in [0.05, 0.1) is 16.1 Å². The maximum Gasteiger partial charge on any atom is 0.256 e. The highest BCUT2D eigenvalue weighted by atomic mass is 32.1. The van der Waals surface area contributed by atoms with Crippen LogP contribution in [0.25, 0.3) is 0 Å². The summed E-state index contributed by atoms with van der Waals surface area (Å²) in [5.74, 6) is -0.258. The lowest BCUT2D eigenvalue weighted by Crippen LogP contribution is -2.22. The van der Waals surface area contributed by atoms with Gasteiger partial charge in [0, 0.05) is 19.5 Å². The van der Waals surface area contributed by atoms with Crippen molar-refractivity contribution in [3.8, 4) is 0 Å². The summed E-state index contributed by atoms with van der Waals surface area (Å²) < 4.78 is 0. The zero-order valence-electron chi connectivity index (χ0n) is 11.9. The second-order valence-electron chi connectivity index (χ2n) is 5.03. The third-order valence-electron chi connectivity index (χ3n) is 3.66. The molecule has 1 heterocycles. The van der Waals surface area contributed by atoms with Crippen molar-refractivity contribution >= 4 is 33.7 Å². The number of nitrogens with one attached hydrogen (secondary N) is 2. The molecule has 0 aliphatic heterocycles. The quantitative estimate of drug-likeness (QED) is 0.729. The lowest BCUT2D eigenvalue weighted by atomic mass is 10.1. The Kier molecular flexibility index (Phi) is 4.65. The normalized spacial score (nSPS) is 15.3. The highest BCUT2D eigenvalue weighted by Gasteiger charge is 2.26. The van der Waals surface area contributed by atoms with Crippen molar-refractivity contribution in [3.63, 3.8) is 0 Å². The minimum atomic E-state index is -0.241. The van der Waals surface area contributed by atoms with Crippen LogP contribution in [0.5, 0.6) is 0 Å². The average molecular weight is 295 g/mol. The summed E-state index contributed by atoms with van der Waals surface area (Å²) in [5.41, 5.74) is 6.75. The Morgan fingerprint density at radius 2 is 2.00 bits per heavy atom. The SMILES string of the molecule is CCC(=O)c1sc(NC2CCCC2)c(C(=O)NC)c1N. The molecule has 1 saturated carbocycles. The van der Waals surface area contributed by atoms with E-state index in [1.165, 1.54) is 24.2 Å². The van der Waals surface area contributed by atoms with Crippen LogP contribution in [0.1, 0.15) is 59.1 Å². The summed E-state index contributed by atoms with van der Waals surface area (Å²) in [6.07, 6.45) is 4.99. The van der Waals surface area contributed by atoms with Gasteiger partial charge in [0.25, 0.3) is 5.91 Å². The maximum atomic E-state index is 12.0. The Balaban J connectivity index is 2.36. The van der Waals surface area contributed by atoms with Gasteiger partial charge in [0.15, 0.2) is 5.78 Å². The summed E-state index contributed by atoms with van der Waals surface area (Å²) in [6.45, 7) is 1.80. The van der Waals surface area contributed by atoms with E-state index in [4.69, 9.17) is 5.73 Å². The number of amides is 1. The van der Waals surface area contributed by atoms with Crippen LogP contribution >= 0.6 is 11.3 Å². The van der Waals surface area contributed by atoms with Crippen LogP contribution in [-0.4, -0.2) is 24.8 Å². The number of carbonyl (C=O) groups excluding carboxylic acids is 2. The maximum absolute atomic E-state index is 12.0. The Morgan fingerprint density at radius 1 is 1.35 bits per heavy atom. The molecule has 5 nitrogen and oxygen atoms in total. The molecule has 0 radical (unpaired) electrons. The van der Waals surface area contributed by atoms with Gasteiger partial charge in [-0.05, 0) is 12.8 Å². The monoisotopic (exact) mass is 295 g/mol. The molecule has 4 N–H and O–H groups in total. The highest BCUT2D eigenvalue weighted by Crippen LogP contribution is 2.38. The minimum Gasteiger partial charge on any atom is -0.397 e. The van der Waals surface area contributed by atoms with Gasteiger partial charge in [0.2, 0.25) is 0 Å². The second-order valence-corrected chi connectivity index (χ2v) is 6.05. The first-order valence-electron chi connectivity index (χ1n) is 7.02. The number of carbonyl (C=O) groups is 2. The van der Waals surface area contributed by atoms with E-state index in [1.807, 2.05) is 0 Å². The van der Waals surface area contributed by atoms with Crippen molar-refractivity contribution < 1.29 is 9.59 Å². The summed E-state index contributed by atoms with van der Waals surface area (Å²) >= 11 is 1.30. The Labute approximate surface area is 122 Å².